The molecule has 1 unspecified atom stereocenters. The molecule has 0 bridgehead atoms. The highest BCUT2D eigenvalue weighted by atomic mass is 32.1. The van der Waals surface area contributed by atoms with Crippen molar-refractivity contribution in [2.24, 2.45) is 4.99 Å². The first-order valence-corrected chi connectivity index (χ1v) is 15.7. The number of para-hydroxylation sites is 1. The van der Waals surface area contributed by atoms with Gasteiger partial charge in [0.05, 0.1) is 16.7 Å². The van der Waals surface area contributed by atoms with Crippen molar-refractivity contribution in [3.63, 3.8) is 0 Å². The summed E-state index contributed by atoms with van der Waals surface area (Å²) in [6, 6.07) is 52.0. The third-order valence-corrected chi connectivity index (χ3v) is 9.79. The lowest BCUT2D eigenvalue weighted by molar-refractivity contribution is 0.664. The van der Waals surface area contributed by atoms with Crippen LogP contribution < -0.4 is 5.32 Å². The lowest BCUT2D eigenvalue weighted by atomic mass is 9.98. The van der Waals surface area contributed by atoms with Gasteiger partial charge in [0.25, 0.3) is 0 Å². The Morgan fingerprint density at radius 1 is 0.591 bits per heavy atom. The molecule has 0 spiro atoms. The predicted octanol–water partition coefficient (Wildman–Crippen LogP) is 10.3. The van der Waals surface area contributed by atoms with E-state index in [1.54, 1.807) is 0 Å². The number of benzene rings is 6. The molecule has 44 heavy (non-hydrogen) atoms. The van der Waals surface area contributed by atoms with Crippen LogP contribution in [0.2, 0.25) is 0 Å². The third kappa shape index (κ3) is 3.99. The molecule has 0 saturated carbocycles. The molecule has 208 valence electrons. The molecule has 1 N–H and O–H groups in total. The van der Waals surface area contributed by atoms with Gasteiger partial charge in [-0.05, 0) is 53.6 Å². The van der Waals surface area contributed by atoms with Crippen LogP contribution in [0.15, 0.2) is 157 Å². The number of fused-ring (bicyclic) bond motifs is 6. The van der Waals surface area contributed by atoms with Crippen LogP contribution in [0.4, 0.5) is 0 Å². The Labute approximate surface area is 259 Å². The van der Waals surface area contributed by atoms with Crippen molar-refractivity contribution in [3.8, 4) is 5.69 Å². The van der Waals surface area contributed by atoms with Gasteiger partial charge in [0.15, 0.2) is 0 Å². The zero-order valence-corrected chi connectivity index (χ0v) is 24.6. The summed E-state index contributed by atoms with van der Waals surface area (Å²) in [6.45, 7) is 0. The second-order valence-corrected chi connectivity index (χ2v) is 12.3. The molecule has 9 rings (SSSR count). The van der Waals surface area contributed by atoms with E-state index >= 15 is 0 Å². The highest BCUT2D eigenvalue weighted by Gasteiger charge is 2.23. The number of rotatable bonds is 4. The molecule has 3 nitrogen and oxygen atoms in total. The molecule has 6 aromatic carbocycles. The summed E-state index contributed by atoms with van der Waals surface area (Å²) in [5.41, 5.74) is 8.99. The molecule has 0 fully saturated rings. The summed E-state index contributed by atoms with van der Waals surface area (Å²) < 4.78 is 5.05. The number of nitrogens with one attached hydrogen (secondary N) is 1. The number of aromatic nitrogens is 1. The Kier molecular flexibility index (Phi) is 5.75. The predicted molar refractivity (Wildman–Crippen MR) is 187 cm³/mol. The summed E-state index contributed by atoms with van der Waals surface area (Å²) >= 11 is 1.86. The molecule has 1 atom stereocenters. The van der Waals surface area contributed by atoms with Gasteiger partial charge in [-0.1, -0.05) is 109 Å². The Hall–Kier alpha value is -5.45. The Bertz CT molecular complexity index is 2410. The van der Waals surface area contributed by atoms with Gasteiger partial charge in [0.2, 0.25) is 0 Å². The van der Waals surface area contributed by atoms with Crippen molar-refractivity contribution in [1.82, 2.24) is 9.88 Å². The molecule has 2 aromatic heterocycles. The minimum Gasteiger partial charge on any atom is -0.360 e. The molecule has 0 saturated heterocycles. The van der Waals surface area contributed by atoms with E-state index in [2.05, 4.69) is 162 Å². The van der Waals surface area contributed by atoms with Crippen molar-refractivity contribution in [2.45, 2.75) is 6.17 Å². The Morgan fingerprint density at radius 2 is 1.30 bits per heavy atom. The van der Waals surface area contributed by atoms with Crippen LogP contribution in [0.5, 0.6) is 0 Å². The molecular weight excluding hydrogens is 555 g/mol. The lowest BCUT2D eigenvalue weighted by Crippen LogP contribution is -2.24. The monoisotopic (exact) mass is 581 g/mol. The second kappa shape index (κ2) is 10.1. The lowest BCUT2D eigenvalue weighted by Gasteiger charge is -2.25. The largest absolute Gasteiger partial charge is 0.360 e. The second-order valence-electron chi connectivity index (χ2n) is 11.2. The molecule has 0 aliphatic carbocycles. The van der Waals surface area contributed by atoms with Gasteiger partial charge in [0, 0.05) is 47.9 Å². The number of hydrogen-bond acceptors (Lipinski definition) is 3. The quantitative estimate of drug-likeness (QED) is 0.220. The molecule has 4 heteroatoms. The molecule has 8 aromatic rings. The number of hydrogen-bond donors (Lipinski definition) is 1. The van der Waals surface area contributed by atoms with Crippen LogP contribution in [0, 0.1) is 0 Å². The Balaban J connectivity index is 1.29. The SMILES string of the molecule is C1=C(c2ccccc2)NC(c2ccccc2)N=C1c1cccc2c1c1ccccc1n2-c1ccc2sc3ccccc3c2c1. The van der Waals surface area contributed by atoms with E-state index in [4.69, 9.17) is 4.99 Å². The first kappa shape index (κ1) is 25.1. The minimum absolute atomic E-state index is 0.190. The van der Waals surface area contributed by atoms with Gasteiger partial charge in [-0.25, -0.2) is 0 Å². The number of nitrogens with zero attached hydrogens (tertiary/aromatic N) is 2. The van der Waals surface area contributed by atoms with Crippen LogP contribution in [-0.4, -0.2) is 10.3 Å². The first-order valence-electron chi connectivity index (χ1n) is 14.9. The maximum absolute atomic E-state index is 5.33. The van der Waals surface area contributed by atoms with Crippen molar-refractivity contribution < 1.29 is 0 Å². The highest BCUT2D eigenvalue weighted by Crippen LogP contribution is 2.39. The fraction of sp³-hybridized carbons (Fsp3) is 0.0250. The summed E-state index contributed by atoms with van der Waals surface area (Å²) in [5, 5.41) is 8.75. The van der Waals surface area contributed by atoms with Gasteiger partial charge in [-0.3, -0.25) is 4.99 Å². The highest BCUT2D eigenvalue weighted by molar-refractivity contribution is 7.25. The van der Waals surface area contributed by atoms with Crippen LogP contribution in [0.25, 0.3) is 53.4 Å². The van der Waals surface area contributed by atoms with E-state index in [9.17, 15) is 0 Å². The summed E-state index contributed by atoms with van der Waals surface area (Å²) in [6.07, 6.45) is 2.02. The summed E-state index contributed by atoms with van der Waals surface area (Å²) in [4.78, 5) is 5.33. The van der Waals surface area contributed by atoms with Crippen molar-refractivity contribution in [1.29, 1.82) is 0 Å². The standard InChI is InChI=1S/C40H27N3S/c1-3-12-26(13-4-1)33-25-34(42-40(41-33)27-14-5-2-6-15-27)30-18-11-20-36-39(30)31-17-7-9-19-35(31)43(36)28-22-23-38-32(24-28)29-16-8-10-21-37(29)44-38/h1-25,40-41H. The smallest absolute Gasteiger partial charge is 0.145 e. The average molecular weight is 582 g/mol. The van der Waals surface area contributed by atoms with Gasteiger partial charge in [0.1, 0.15) is 6.17 Å². The minimum atomic E-state index is -0.190. The van der Waals surface area contributed by atoms with E-state index in [1.165, 1.54) is 47.7 Å². The third-order valence-electron chi connectivity index (χ3n) is 8.63. The molecular formula is C40H27N3S. The zero-order chi connectivity index (χ0) is 29.0. The van der Waals surface area contributed by atoms with E-state index in [-0.39, 0.29) is 6.17 Å². The normalized spacial score (nSPS) is 15.0. The van der Waals surface area contributed by atoms with Gasteiger partial charge >= 0.3 is 0 Å². The molecule has 1 aliphatic heterocycles. The van der Waals surface area contributed by atoms with Gasteiger partial charge in [-0.2, -0.15) is 0 Å². The fourth-order valence-corrected chi connectivity index (χ4v) is 7.71. The van der Waals surface area contributed by atoms with Crippen molar-refractivity contribution in [2.75, 3.05) is 0 Å². The van der Waals surface area contributed by atoms with Crippen LogP contribution in [0.3, 0.4) is 0 Å². The van der Waals surface area contributed by atoms with Crippen LogP contribution >= 0.6 is 11.3 Å². The van der Waals surface area contributed by atoms with Crippen molar-refractivity contribution in [3.05, 3.63) is 168 Å². The first-order chi connectivity index (χ1) is 21.8. The van der Waals surface area contributed by atoms with Gasteiger partial charge in [-0.15, -0.1) is 11.3 Å². The number of allylic oxidation sites excluding steroid dienone is 1. The van der Waals surface area contributed by atoms with E-state index < -0.39 is 0 Å². The number of aliphatic imine (C=N–C) groups is 1. The van der Waals surface area contributed by atoms with E-state index in [0.717, 1.165) is 28.1 Å². The molecule has 1 aliphatic rings. The summed E-state index contributed by atoms with van der Waals surface area (Å²) in [7, 11) is 0. The topological polar surface area (TPSA) is 29.3 Å². The summed E-state index contributed by atoms with van der Waals surface area (Å²) in [5.74, 6) is 0. The molecule has 0 radical (unpaired) electrons. The van der Waals surface area contributed by atoms with E-state index in [1.807, 2.05) is 11.3 Å². The maximum Gasteiger partial charge on any atom is 0.145 e. The fourth-order valence-electron chi connectivity index (χ4n) is 6.62. The van der Waals surface area contributed by atoms with E-state index in [0.29, 0.717) is 0 Å². The van der Waals surface area contributed by atoms with Crippen LogP contribution in [-0.2, 0) is 0 Å². The van der Waals surface area contributed by atoms with Gasteiger partial charge < -0.3 is 9.88 Å². The Morgan fingerprint density at radius 3 is 2.16 bits per heavy atom. The number of thiophene rings is 1. The molecule has 0 amide bonds. The average Bonchev–Trinajstić information content (AvgIpc) is 3.64. The van der Waals surface area contributed by atoms with Crippen LogP contribution in [0.1, 0.15) is 22.9 Å². The zero-order valence-electron chi connectivity index (χ0n) is 23.8. The molecule has 3 heterocycles. The maximum atomic E-state index is 5.33. The van der Waals surface area contributed by atoms with Crippen molar-refractivity contribution >= 4 is 64.7 Å².